The van der Waals surface area contributed by atoms with E-state index < -0.39 is 0 Å². The number of fused-ring (bicyclic) bond motifs is 1. The highest BCUT2D eigenvalue weighted by molar-refractivity contribution is 9.10. The number of carbonyl (C=O) groups is 1. The van der Waals surface area contributed by atoms with Gasteiger partial charge in [0.25, 0.3) is 0 Å². The van der Waals surface area contributed by atoms with Crippen LogP contribution in [-0.2, 0) is 6.54 Å². The number of nitriles is 1. The summed E-state index contributed by atoms with van der Waals surface area (Å²) >= 11 is 3.37. The summed E-state index contributed by atoms with van der Waals surface area (Å²) in [5.41, 5.74) is 2.16. The molecule has 0 atom stereocenters. The van der Waals surface area contributed by atoms with Gasteiger partial charge in [0.2, 0.25) is 0 Å². The quantitative estimate of drug-likeness (QED) is 0.673. The first kappa shape index (κ1) is 13.6. The van der Waals surface area contributed by atoms with Crippen molar-refractivity contribution in [3.8, 4) is 6.07 Å². The predicted octanol–water partition coefficient (Wildman–Crippen LogP) is 4.16. The summed E-state index contributed by atoms with van der Waals surface area (Å²) in [6.45, 7) is 0.259. The minimum absolute atomic E-state index is 0.0381. The Morgan fingerprint density at radius 1 is 1.19 bits per heavy atom. The van der Waals surface area contributed by atoms with Crippen molar-refractivity contribution in [1.82, 2.24) is 4.57 Å². The van der Waals surface area contributed by atoms with E-state index in [0.29, 0.717) is 11.1 Å². The van der Waals surface area contributed by atoms with Crippen LogP contribution in [0, 0.1) is 11.3 Å². The molecule has 102 valence electrons. The van der Waals surface area contributed by atoms with Crippen LogP contribution >= 0.6 is 15.9 Å². The van der Waals surface area contributed by atoms with E-state index >= 15 is 0 Å². The van der Waals surface area contributed by atoms with Crippen molar-refractivity contribution in [1.29, 1.82) is 5.26 Å². The van der Waals surface area contributed by atoms with E-state index in [1.54, 1.807) is 12.1 Å². The van der Waals surface area contributed by atoms with E-state index in [1.165, 1.54) is 0 Å². The van der Waals surface area contributed by atoms with Crippen molar-refractivity contribution in [3.05, 3.63) is 70.3 Å². The van der Waals surface area contributed by atoms with Gasteiger partial charge in [-0.1, -0.05) is 34.1 Å². The molecular weight excluding hydrogens is 328 g/mol. The average molecular weight is 339 g/mol. The van der Waals surface area contributed by atoms with Crippen LogP contribution in [0.1, 0.15) is 15.9 Å². The smallest absolute Gasteiger partial charge is 0.182 e. The van der Waals surface area contributed by atoms with Crippen molar-refractivity contribution < 1.29 is 4.79 Å². The topological polar surface area (TPSA) is 45.8 Å². The van der Waals surface area contributed by atoms with Crippen LogP contribution < -0.4 is 0 Å². The Kier molecular flexibility index (Phi) is 3.59. The van der Waals surface area contributed by atoms with Crippen molar-refractivity contribution >= 4 is 32.6 Å². The van der Waals surface area contributed by atoms with Gasteiger partial charge in [-0.15, -0.1) is 0 Å². The zero-order chi connectivity index (χ0) is 14.8. The van der Waals surface area contributed by atoms with Crippen LogP contribution in [0.25, 0.3) is 10.9 Å². The second-order valence-corrected chi connectivity index (χ2v) is 5.68. The molecule has 4 heteroatoms. The van der Waals surface area contributed by atoms with E-state index in [-0.39, 0.29) is 12.3 Å². The lowest BCUT2D eigenvalue weighted by Crippen LogP contribution is -2.09. The molecule has 3 rings (SSSR count). The van der Waals surface area contributed by atoms with Gasteiger partial charge in [0, 0.05) is 21.7 Å². The van der Waals surface area contributed by atoms with E-state index in [2.05, 4.69) is 22.0 Å². The average Bonchev–Trinajstić information content (AvgIpc) is 2.89. The van der Waals surface area contributed by atoms with Gasteiger partial charge in [-0.05, 0) is 35.7 Å². The molecule has 0 saturated heterocycles. The van der Waals surface area contributed by atoms with Crippen LogP contribution in [0.15, 0.2) is 59.2 Å². The van der Waals surface area contributed by atoms with Crippen LogP contribution in [0.2, 0.25) is 0 Å². The minimum Gasteiger partial charge on any atom is -0.340 e. The lowest BCUT2D eigenvalue weighted by atomic mass is 10.1. The predicted molar refractivity (Wildman–Crippen MR) is 85.1 cm³/mol. The zero-order valence-corrected chi connectivity index (χ0v) is 12.7. The number of nitrogens with zero attached hydrogens (tertiary/aromatic N) is 2. The van der Waals surface area contributed by atoms with Gasteiger partial charge in [0.15, 0.2) is 5.78 Å². The first-order valence-electron chi connectivity index (χ1n) is 6.45. The molecule has 0 amide bonds. The Bertz CT molecular complexity index is 874. The summed E-state index contributed by atoms with van der Waals surface area (Å²) in [6, 6.07) is 16.9. The highest BCUT2D eigenvalue weighted by atomic mass is 79.9. The molecule has 0 saturated carbocycles. The van der Waals surface area contributed by atoms with Crippen molar-refractivity contribution in [2.75, 3.05) is 0 Å². The third kappa shape index (κ3) is 2.74. The fourth-order valence-corrected chi connectivity index (χ4v) is 2.70. The maximum Gasteiger partial charge on any atom is 0.182 e. The van der Waals surface area contributed by atoms with Crippen LogP contribution in [0.3, 0.4) is 0 Å². The first-order valence-corrected chi connectivity index (χ1v) is 7.24. The molecule has 0 radical (unpaired) electrons. The van der Waals surface area contributed by atoms with Gasteiger partial charge in [0.1, 0.15) is 0 Å². The standard InChI is InChI=1S/C17H11BrN2O/c18-15-3-1-2-14(9-15)17(21)11-20-7-6-13-5-4-12(10-19)8-16(13)20/h1-9H,11H2. The Labute approximate surface area is 130 Å². The highest BCUT2D eigenvalue weighted by Crippen LogP contribution is 2.19. The number of Topliss-reactive ketones (excluding diaryl/α,β-unsaturated/α-hetero) is 1. The summed E-state index contributed by atoms with van der Waals surface area (Å²) in [5.74, 6) is 0.0381. The maximum absolute atomic E-state index is 12.4. The highest BCUT2D eigenvalue weighted by Gasteiger charge is 2.09. The van der Waals surface area contributed by atoms with Crippen molar-refractivity contribution in [2.24, 2.45) is 0 Å². The molecule has 0 aliphatic carbocycles. The molecular formula is C17H11BrN2O. The first-order chi connectivity index (χ1) is 10.2. The monoisotopic (exact) mass is 338 g/mol. The number of hydrogen-bond donors (Lipinski definition) is 0. The lowest BCUT2D eigenvalue weighted by molar-refractivity contribution is 0.0973. The molecule has 0 aliphatic rings. The Balaban J connectivity index is 1.95. The number of hydrogen-bond acceptors (Lipinski definition) is 2. The molecule has 3 aromatic rings. The van der Waals surface area contributed by atoms with Gasteiger partial charge < -0.3 is 4.57 Å². The third-order valence-corrected chi connectivity index (χ3v) is 3.86. The van der Waals surface area contributed by atoms with E-state index in [1.807, 2.05) is 47.2 Å². The Morgan fingerprint density at radius 2 is 2.05 bits per heavy atom. The lowest BCUT2D eigenvalue weighted by Gasteiger charge is -2.05. The van der Waals surface area contributed by atoms with Crippen molar-refractivity contribution in [3.63, 3.8) is 0 Å². The molecule has 1 aromatic heterocycles. The number of rotatable bonds is 3. The number of ketones is 1. The summed E-state index contributed by atoms with van der Waals surface area (Å²) in [5, 5.41) is 10.0. The van der Waals surface area contributed by atoms with Gasteiger partial charge in [0.05, 0.1) is 18.2 Å². The molecule has 0 fully saturated rings. The largest absolute Gasteiger partial charge is 0.340 e. The minimum atomic E-state index is 0.0381. The third-order valence-electron chi connectivity index (χ3n) is 3.36. The summed E-state index contributed by atoms with van der Waals surface area (Å²) in [4.78, 5) is 12.4. The second kappa shape index (κ2) is 5.55. The molecule has 2 aromatic carbocycles. The van der Waals surface area contributed by atoms with Gasteiger partial charge >= 0.3 is 0 Å². The summed E-state index contributed by atoms with van der Waals surface area (Å²) in [7, 11) is 0. The SMILES string of the molecule is N#Cc1ccc2ccn(CC(=O)c3cccc(Br)c3)c2c1. The van der Waals surface area contributed by atoms with Crippen LogP contribution in [-0.4, -0.2) is 10.4 Å². The Morgan fingerprint density at radius 3 is 2.81 bits per heavy atom. The number of carbonyl (C=O) groups excluding carboxylic acids is 1. The molecule has 3 nitrogen and oxygen atoms in total. The Hall–Kier alpha value is -2.38. The normalized spacial score (nSPS) is 10.5. The van der Waals surface area contributed by atoms with Gasteiger partial charge in [-0.25, -0.2) is 0 Å². The number of aromatic nitrogens is 1. The zero-order valence-electron chi connectivity index (χ0n) is 11.1. The number of halogens is 1. The molecule has 0 bridgehead atoms. The van der Waals surface area contributed by atoms with Gasteiger partial charge in [-0.3, -0.25) is 4.79 Å². The second-order valence-electron chi connectivity index (χ2n) is 4.76. The molecule has 21 heavy (non-hydrogen) atoms. The molecule has 0 aliphatic heterocycles. The summed E-state index contributed by atoms with van der Waals surface area (Å²) in [6.07, 6.45) is 1.88. The van der Waals surface area contributed by atoms with Gasteiger partial charge in [-0.2, -0.15) is 5.26 Å². The maximum atomic E-state index is 12.4. The fraction of sp³-hybridized carbons (Fsp3) is 0.0588. The van der Waals surface area contributed by atoms with Crippen molar-refractivity contribution in [2.45, 2.75) is 6.54 Å². The molecule has 0 N–H and O–H groups in total. The van der Waals surface area contributed by atoms with E-state index in [0.717, 1.165) is 15.4 Å². The molecule has 1 heterocycles. The van der Waals surface area contributed by atoms with Crippen LogP contribution in [0.4, 0.5) is 0 Å². The fourth-order valence-electron chi connectivity index (χ4n) is 2.30. The number of benzene rings is 2. The molecule has 0 unspecified atom stereocenters. The van der Waals surface area contributed by atoms with E-state index in [4.69, 9.17) is 5.26 Å². The summed E-state index contributed by atoms with van der Waals surface area (Å²) < 4.78 is 2.76. The van der Waals surface area contributed by atoms with Crippen LogP contribution in [0.5, 0.6) is 0 Å². The van der Waals surface area contributed by atoms with E-state index in [9.17, 15) is 4.79 Å². The molecule has 0 spiro atoms.